The molecule has 1 aromatic carbocycles. The second-order valence-corrected chi connectivity index (χ2v) is 6.05. The average molecular weight is 332 g/mol. The Labute approximate surface area is 120 Å². The summed E-state index contributed by atoms with van der Waals surface area (Å²) in [5.41, 5.74) is 0. The molecule has 0 bridgehead atoms. The minimum Gasteiger partial charge on any atom is -0.393 e. The molecule has 3 nitrogen and oxygen atoms in total. The van der Waals surface area contributed by atoms with Crippen molar-refractivity contribution in [3.8, 4) is 0 Å². The molecule has 0 aliphatic carbocycles. The number of amides is 1. The minimum absolute atomic E-state index is 0.0357. The molecule has 18 heavy (non-hydrogen) atoms. The van der Waals surface area contributed by atoms with Gasteiger partial charge in [-0.05, 0) is 44.0 Å². The number of benzene rings is 1. The molecule has 0 saturated heterocycles. The number of hydrogen-bond acceptors (Lipinski definition) is 3. The molecule has 0 aliphatic heterocycles. The van der Waals surface area contributed by atoms with Crippen molar-refractivity contribution >= 4 is 33.6 Å². The van der Waals surface area contributed by atoms with Crippen LogP contribution >= 0.6 is 27.7 Å². The normalized spacial score (nSPS) is 12.2. The summed E-state index contributed by atoms with van der Waals surface area (Å²) in [6, 6.07) is 7.89. The molecule has 0 radical (unpaired) electrons. The molecule has 5 heteroatoms. The van der Waals surface area contributed by atoms with Gasteiger partial charge in [0.2, 0.25) is 5.91 Å². The molecule has 0 heterocycles. The van der Waals surface area contributed by atoms with Crippen molar-refractivity contribution < 1.29 is 9.90 Å². The van der Waals surface area contributed by atoms with Crippen LogP contribution in [0, 0.1) is 0 Å². The summed E-state index contributed by atoms with van der Waals surface area (Å²) < 4.78 is 1.04. The lowest BCUT2D eigenvalue weighted by atomic mass is 10.2. The van der Waals surface area contributed by atoms with E-state index in [1.54, 1.807) is 6.92 Å². The van der Waals surface area contributed by atoms with E-state index in [2.05, 4.69) is 21.2 Å². The quantitative estimate of drug-likeness (QED) is 0.596. The molecular formula is C13H18BrNO2S. The highest BCUT2D eigenvalue weighted by Crippen LogP contribution is 2.20. The third-order valence-corrected chi connectivity index (χ3v) is 3.85. The zero-order valence-corrected chi connectivity index (χ0v) is 12.8. The van der Waals surface area contributed by atoms with Crippen LogP contribution in [-0.2, 0) is 4.79 Å². The van der Waals surface area contributed by atoms with Crippen LogP contribution in [-0.4, -0.2) is 29.4 Å². The number of thioether (sulfide) groups is 1. The number of nitrogens with one attached hydrogen (secondary N) is 1. The number of halogens is 1. The smallest absolute Gasteiger partial charge is 0.230 e. The summed E-state index contributed by atoms with van der Waals surface area (Å²) in [4.78, 5) is 12.6. The maximum absolute atomic E-state index is 11.5. The summed E-state index contributed by atoms with van der Waals surface area (Å²) in [5, 5.41) is 11.9. The van der Waals surface area contributed by atoms with Crippen molar-refractivity contribution in [3.63, 3.8) is 0 Å². The molecule has 0 aromatic heterocycles. The van der Waals surface area contributed by atoms with Crippen LogP contribution in [0.5, 0.6) is 0 Å². The molecule has 1 rings (SSSR count). The van der Waals surface area contributed by atoms with Gasteiger partial charge in [0.15, 0.2) is 0 Å². The standard InChI is InChI=1S/C13H18BrNO2S/c1-10(16)3-2-8-15-13(17)9-18-12-6-4-11(14)5-7-12/h4-7,10,16H,2-3,8-9H2,1H3,(H,15,17). The van der Waals surface area contributed by atoms with E-state index in [0.29, 0.717) is 12.3 Å². The molecule has 1 amide bonds. The van der Waals surface area contributed by atoms with E-state index < -0.39 is 0 Å². The van der Waals surface area contributed by atoms with Crippen LogP contribution < -0.4 is 5.32 Å². The van der Waals surface area contributed by atoms with Crippen molar-refractivity contribution in [2.75, 3.05) is 12.3 Å². The number of rotatable bonds is 7. The average Bonchev–Trinajstić information content (AvgIpc) is 2.34. The lowest BCUT2D eigenvalue weighted by molar-refractivity contribution is -0.118. The van der Waals surface area contributed by atoms with Gasteiger partial charge in [0.05, 0.1) is 11.9 Å². The summed E-state index contributed by atoms with van der Waals surface area (Å²) in [5.74, 6) is 0.463. The Hall–Kier alpha value is -0.520. The Morgan fingerprint density at radius 1 is 1.44 bits per heavy atom. The van der Waals surface area contributed by atoms with E-state index in [-0.39, 0.29) is 12.0 Å². The van der Waals surface area contributed by atoms with E-state index in [1.165, 1.54) is 11.8 Å². The summed E-state index contributed by atoms with van der Waals surface area (Å²) in [6.45, 7) is 2.38. The van der Waals surface area contributed by atoms with Gasteiger partial charge in [0.25, 0.3) is 0 Å². The van der Waals surface area contributed by atoms with E-state index >= 15 is 0 Å². The predicted molar refractivity (Wildman–Crippen MR) is 78.8 cm³/mol. The van der Waals surface area contributed by atoms with Gasteiger partial charge in [-0.15, -0.1) is 11.8 Å². The first-order valence-corrected chi connectivity index (χ1v) is 7.69. The Bertz CT molecular complexity index is 368. The van der Waals surface area contributed by atoms with E-state index in [0.717, 1.165) is 22.2 Å². The predicted octanol–water partition coefficient (Wildman–Crippen LogP) is 2.82. The topological polar surface area (TPSA) is 49.3 Å². The van der Waals surface area contributed by atoms with Gasteiger partial charge in [-0.3, -0.25) is 4.79 Å². The molecule has 0 saturated carbocycles. The molecule has 1 atom stereocenters. The van der Waals surface area contributed by atoms with Crippen molar-refractivity contribution in [1.29, 1.82) is 0 Å². The van der Waals surface area contributed by atoms with Crippen LogP contribution in [0.3, 0.4) is 0 Å². The number of carbonyl (C=O) groups excluding carboxylic acids is 1. The summed E-state index contributed by atoms with van der Waals surface area (Å²) in [6.07, 6.45) is 1.24. The fourth-order valence-corrected chi connectivity index (χ4v) is 2.35. The van der Waals surface area contributed by atoms with Gasteiger partial charge in [-0.2, -0.15) is 0 Å². The molecular weight excluding hydrogens is 314 g/mol. The van der Waals surface area contributed by atoms with Gasteiger partial charge in [-0.1, -0.05) is 15.9 Å². The first kappa shape index (κ1) is 15.5. The number of aliphatic hydroxyl groups excluding tert-OH is 1. The van der Waals surface area contributed by atoms with Crippen molar-refractivity contribution in [1.82, 2.24) is 5.32 Å². The van der Waals surface area contributed by atoms with Gasteiger partial charge in [-0.25, -0.2) is 0 Å². The van der Waals surface area contributed by atoms with E-state index in [1.807, 2.05) is 24.3 Å². The Kier molecular flexibility index (Phi) is 7.39. The Morgan fingerprint density at radius 2 is 2.11 bits per heavy atom. The Balaban J connectivity index is 2.15. The van der Waals surface area contributed by atoms with Crippen LogP contribution in [0.4, 0.5) is 0 Å². The van der Waals surface area contributed by atoms with Crippen LogP contribution in [0.25, 0.3) is 0 Å². The number of hydrogen-bond donors (Lipinski definition) is 2. The molecule has 2 N–H and O–H groups in total. The molecule has 0 fully saturated rings. The van der Waals surface area contributed by atoms with Crippen molar-refractivity contribution in [3.05, 3.63) is 28.7 Å². The zero-order valence-electron chi connectivity index (χ0n) is 10.4. The van der Waals surface area contributed by atoms with Gasteiger partial charge >= 0.3 is 0 Å². The van der Waals surface area contributed by atoms with Crippen LogP contribution in [0.15, 0.2) is 33.6 Å². The largest absolute Gasteiger partial charge is 0.393 e. The maximum Gasteiger partial charge on any atom is 0.230 e. The molecule has 0 spiro atoms. The fourth-order valence-electron chi connectivity index (χ4n) is 1.36. The zero-order chi connectivity index (χ0) is 13.4. The van der Waals surface area contributed by atoms with Gasteiger partial charge < -0.3 is 10.4 Å². The lowest BCUT2D eigenvalue weighted by Crippen LogP contribution is -2.26. The van der Waals surface area contributed by atoms with Crippen LogP contribution in [0.1, 0.15) is 19.8 Å². The van der Waals surface area contributed by atoms with Crippen molar-refractivity contribution in [2.24, 2.45) is 0 Å². The number of carbonyl (C=O) groups is 1. The summed E-state index contributed by atoms with van der Waals surface area (Å²) in [7, 11) is 0. The monoisotopic (exact) mass is 331 g/mol. The highest BCUT2D eigenvalue weighted by Gasteiger charge is 2.03. The maximum atomic E-state index is 11.5. The minimum atomic E-state index is -0.293. The fraction of sp³-hybridized carbons (Fsp3) is 0.462. The SMILES string of the molecule is CC(O)CCCNC(=O)CSc1ccc(Br)cc1. The summed E-state index contributed by atoms with van der Waals surface area (Å²) >= 11 is 4.89. The molecule has 0 aliphatic rings. The van der Waals surface area contributed by atoms with E-state index in [4.69, 9.17) is 5.11 Å². The second-order valence-electron chi connectivity index (χ2n) is 4.08. The molecule has 1 aromatic rings. The van der Waals surface area contributed by atoms with Crippen molar-refractivity contribution in [2.45, 2.75) is 30.8 Å². The third kappa shape index (κ3) is 7.03. The van der Waals surface area contributed by atoms with Gasteiger partial charge in [0.1, 0.15) is 0 Å². The lowest BCUT2D eigenvalue weighted by Gasteiger charge is -2.06. The van der Waals surface area contributed by atoms with E-state index in [9.17, 15) is 4.79 Å². The number of aliphatic hydroxyl groups is 1. The van der Waals surface area contributed by atoms with Gasteiger partial charge in [0, 0.05) is 15.9 Å². The third-order valence-electron chi connectivity index (χ3n) is 2.30. The highest BCUT2D eigenvalue weighted by atomic mass is 79.9. The molecule has 100 valence electrons. The second kappa shape index (κ2) is 8.56. The first-order valence-electron chi connectivity index (χ1n) is 5.91. The molecule has 1 unspecified atom stereocenters. The Morgan fingerprint density at radius 3 is 2.72 bits per heavy atom. The van der Waals surface area contributed by atoms with Crippen LogP contribution in [0.2, 0.25) is 0 Å². The first-order chi connectivity index (χ1) is 8.58. The highest BCUT2D eigenvalue weighted by molar-refractivity contribution is 9.10.